The Morgan fingerprint density at radius 3 is 1.83 bits per heavy atom. The molecule has 0 aliphatic carbocycles. The van der Waals surface area contributed by atoms with Gasteiger partial charge in [0.1, 0.15) is 0 Å². The maximum absolute atomic E-state index is 11.0. The molecule has 0 unspecified atom stereocenters. The summed E-state index contributed by atoms with van der Waals surface area (Å²) in [5, 5.41) is 5.34. The Morgan fingerprint density at radius 2 is 1.35 bits per heavy atom. The molecular weight excluding hydrogens is 300 g/mol. The van der Waals surface area contributed by atoms with Crippen LogP contribution in [0.5, 0.6) is 0 Å². The lowest BCUT2D eigenvalue weighted by atomic mass is 10.4. The number of rotatable bonds is 15. The van der Waals surface area contributed by atoms with Crippen LogP contribution in [0.15, 0.2) is 0 Å². The van der Waals surface area contributed by atoms with Crippen LogP contribution in [0.3, 0.4) is 0 Å². The summed E-state index contributed by atoms with van der Waals surface area (Å²) >= 11 is 0. The third kappa shape index (κ3) is 16.6. The first kappa shape index (κ1) is 21.4. The summed E-state index contributed by atoms with van der Waals surface area (Å²) in [7, 11) is 0. The molecule has 2 N–H and O–H groups in total. The summed E-state index contributed by atoms with van der Waals surface area (Å²) in [6.45, 7) is 6.19. The second-order valence-electron chi connectivity index (χ2n) is 4.65. The fourth-order valence-corrected chi connectivity index (χ4v) is 1.50. The van der Waals surface area contributed by atoms with Crippen molar-refractivity contribution in [1.29, 1.82) is 0 Å². The van der Waals surface area contributed by atoms with E-state index in [2.05, 4.69) is 10.6 Å². The highest BCUT2D eigenvalue weighted by molar-refractivity contribution is 5.92. The van der Waals surface area contributed by atoms with Gasteiger partial charge in [0, 0.05) is 32.7 Å². The minimum absolute atomic E-state index is 0.0618. The van der Waals surface area contributed by atoms with Gasteiger partial charge in [-0.1, -0.05) is 6.92 Å². The van der Waals surface area contributed by atoms with Crippen LogP contribution in [0.25, 0.3) is 0 Å². The average molecular weight is 328 g/mol. The van der Waals surface area contributed by atoms with E-state index >= 15 is 0 Å². The summed E-state index contributed by atoms with van der Waals surface area (Å²) in [4.78, 5) is 21.7. The lowest BCUT2D eigenvalue weighted by Crippen LogP contribution is -2.24. The lowest BCUT2D eigenvalue weighted by molar-refractivity contribution is -0.120. The Labute approximate surface area is 138 Å². The van der Waals surface area contributed by atoms with Crippen molar-refractivity contribution in [2.45, 2.75) is 26.2 Å². The van der Waals surface area contributed by atoms with Gasteiger partial charge in [0.2, 0.25) is 5.91 Å². The molecule has 0 fully saturated rings. The molecule has 0 spiro atoms. The SMILES string of the molecule is C#CC(=O)NCCCOCCOCCOCCCNC(=O)CC. The molecule has 2 amide bonds. The van der Waals surface area contributed by atoms with Crippen LogP contribution < -0.4 is 10.6 Å². The van der Waals surface area contributed by atoms with Crippen molar-refractivity contribution >= 4 is 11.8 Å². The highest BCUT2D eigenvalue weighted by atomic mass is 16.5. The van der Waals surface area contributed by atoms with Crippen LogP contribution in [0.1, 0.15) is 26.2 Å². The van der Waals surface area contributed by atoms with Gasteiger partial charge in [-0.05, 0) is 18.8 Å². The molecule has 0 aliphatic heterocycles. The summed E-state index contributed by atoms with van der Waals surface area (Å²) in [5.74, 6) is 1.64. The first-order chi connectivity index (χ1) is 11.2. The monoisotopic (exact) mass is 328 g/mol. The van der Waals surface area contributed by atoms with Crippen LogP contribution in [0.4, 0.5) is 0 Å². The maximum atomic E-state index is 11.0. The second-order valence-corrected chi connectivity index (χ2v) is 4.65. The summed E-state index contributed by atoms with van der Waals surface area (Å²) < 4.78 is 16.0. The largest absolute Gasteiger partial charge is 0.379 e. The zero-order chi connectivity index (χ0) is 17.2. The van der Waals surface area contributed by atoms with Crippen LogP contribution in [0, 0.1) is 12.3 Å². The first-order valence-corrected chi connectivity index (χ1v) is 7.95. The van der Waals surface area contributed by atoms with Crippen LogP contribution in [-0.4, -0.2) is 64.5 Å². The summed E-state index contributed by atoms with van der Waals surface area (Å²) in [6, 6.07) is 0. The molecule has 23 heavy (non-hydrogen) atoms. The summed E-state index contributed by atoms with van der Waals surface area (Å²) in [6.07, 6.45) is 6.93. The third-order valence-electron chi connectivity index (χ3n) is 2.73. The zero-order valence-electron chi connectivity index (χ0n) is 13.9. The molecule has 0 saturated heterocycles. The molecule has 0 aromatic heterocycles. The van der Waals surface area contributed by atoms with E-state index in [1.807, 2.05) is 12.8 Å². The minimum atomic E-state index is -0.402. The van der Waals surface area contributed by atoms with Crippen molar-refractivity contribution in [2.75, 3.05) is 52.7 Å². The van der Waals surface area contributed by atoms with Crippen molar-refractivity contribution in [3.8, 4) is 12.3 Å². The third-order valence-corrected chi connectivity index (χ3v) is 2.73. The number of hydrogen-bond donors (Lipinski definition) is 2. The predicted molar refractivity (Wildman–Crippen MR) is 86.8 cm³/mol. The van der Waals surface area contributed by atoms with Crippen molar-refractivity contribution in [1.82, 2.24) is 10.6 Å². The highest BCUT2D eigenvalue weighted by Gasteiger charge is 1.96. The van der Waals surface area contributed by atoms with E-state index in [9.17, 15) is 9.59 Å². The lowest BCUT2D eigenvalue weighted by Gasteiger charge is -2.07. The van der Waals surface area contributed by atoms with E-state index in [0.29, 0.717) is 65.6 Å². The van der Waals surface area contributed by atoms with Gasteiger partial charge < -0.3 is 24.8 Å². The molecule has 0 bridgehead atoms. The van der Waals surface area contributed by atoms with Crippen molar-refractivity contribution in [3.05, 3.63) is 0 Å². The van der Waals surface area contributed by atoms with Gasteiger partial charge in [-0.25, -0.2) is 0 Å². The number of terminal acetylenes is 1. The molecule has 0 saturated carbocycles. The Balaban J connectivity index is 3.07. The molecule has 0 aliphatic rings. The fraction of sp³-hybridized carbons (Fsp3) is 0.750. The molecule has 0 rings (SSSR count). The molecule has 132 valence electrons. The Morgan fingerprint density at radius 1 is 0.870 bits per heavy atom. The quantitative estimate of drug-likeness (QED) is 0.329. The Kier molecular flexibility index (Phi) is 15.6. The number of ether oxygens (including phenoxy) is 3. The van der Waals surface area contributed by atoms with Crippen LogP contribution in [0.2, 0.25) is 0 Å². The number of amides is 2. The van der Waals surface area contributed by atoms with Gasteiger partial charge in [0.15, 0.2) is 0 Å². The molecular formula is C16H28N2O5. The zero-order valence-corrected chi connectivity index (χ0v) is 13.9. The standard InChI is InChI=1S/C16H28N2O5/c1-3-15(19)17-7-5-9-21-11-13-23-14-12-22-10-6-8-18-16(20)4-2/h1H,4-14H2,2H3,(H,17,19)(H,18,20). The number of nitrogens with one attached hydrogen (secondary N) is 2. The summed E-state index contributed by atoms with van der Waals surface area (Å²) in [5.41, 5.74) is 0. The van der Waals surface area contributed by atoms with Gasteiger partial charge in [-0.15, -0.1) is 6.42 Å². The van der Waals surface area contributed by atoms with Crippen molar-refractivity contribution in [3.63, 3.8) is 0 Å². The van der Waals surface area contributed by atoms with Crippen LogP contribution in [-0.2, 0) is 23.8 Å². The number of hydrogen-bond acceptors (Lipinski definition) is 5. The van der Waals surface area contributed by atoms with Gasteiger partial charge in [-0.2, -0.15) is 0 Å². The van der Waals surface area contributed by atoms with E-state index in [1.165, 1.54) is 0 Å². The van der Waals surface area contributed by atoms with Gasteiger partial charge in [0.25, 0.3) is 5.91 Å². The first-order valence-electron chi connectivity index (χ1n) is 7.95. The Bertz CT molecular complexity index is 355. The fourth-order valence-electron chi connectivity index (χ4n) is 1.50. The molecule has 0 radical (unpaired) electrons. The molecule has 0 aromatic carbocycles. The van der Waals surface area contributed by atoms with Gasteiger partial charge >= 0.3 is 0 Å². The van der Waals surface area contributed by atoms with Gasteiger partial charge in [-0.3, -0.25) is 9.59 Å². The average Bonchev–Trinajstić information content (AvgIpc) is 2.57. The number of carbonyl (C=O) groups excluding carboxylic acids is 2. The maximum Gasteiger partial charge on any atom is 0.295 e. The highest BCUT2D eigenvalue weighted by Crippen LogP contribution is 1.86. The second kappa shape index (κ2) is 16.7. The molecule has 7 heteroatoms. The van der Waals surface area contributed by atoms with Crippen molar-refractivity contribution < 1.29 is 23.8 Å². The molecule has 0 atom stereocenters. The topological polar surface area (TPSA) is 85.9 Å². The van der Waals surface area contributed by atoms with E-state index in [0.717, 1.165) is 6.42 Å². The molecule has 0 heterocycles. The molecule has 0 aromatic rings. The molecule has 7 nitrogen and oxygen atoms in total. The van der Waals surface area contributed by atoms with Crippen molar-refractivity contribution in [2.24, 2.45) is 0 Å². The van der Waals surface area contributed by atoms with E-state index in [-0.39, 0.29) is 5.91 Å². The number of carbonyl (C=O) groups is 2. The van der Waals surface area contributed by atoms with E-state index in [1.54, 1.807) is 0 Å². The van der Waals surface area contributed by atoms with E-state index in [4.69, 9.17) is 20.6 Å². The Hall–Kier alpha value is -1.62. The van der Waals surface area contributed by atoms with E-state index < -0.39 is 5.91 Å². The predicted octanol–water partition coefficient (Wildman–Crippen LogP) is 0.0920. The normalized spacial score (nSPS) is 10.1. The van der Waals surface area contributed by atoms with Gasteiger partial charge in [0.05, 0.1) is 26.4 Å². The smallest absolute Gasteiger partial charge is 0.295 e. The van der Waals surface area contributed by atoms with Crippen LogP contribution >= 0.6 is 0 Å². The minimum Gasteiger partial charge on any atom is -0.379 e.